The summed E-state index contributed by atoms with van der Waals surface area (Å²) in [5.41, 5.74) is 0.248. The summed E-state index contributed by atoms with van der Waals surface area (Å²) in [6.07, 6.45) is 1.63. The molecular formula is C6H8N2O2S. The molecule has 0 saturated carbocycles. The van der Waals surface area contributed by atoms with E-state index in [0.717, 1.165) is 0 Å². The molecule has 0 fully saturated rings. The van der Waals surface area contributed by atoms with Crippen LogP contribution in [-0.2, 0) is 11.8 Å². The number of hydrogen-bond donors (Lipinski definition) is 1. The molecule has 5 heteroatoms. The number of rotatable bonds is 1. The molecule has 0 aliphatic rings. The van der Waals surface area contributed by atoms with Gasteiger partial charge >= 0.3 is 5.97 Å². The largest absolute Gasteiger partial charge is 0.464 e. The highest BCUT2D eigenvalue weighted by Crippen LogP contribution is 2.11. The molecule has 0 amide bonds. The average molecular weight is 172 g/mol. The summed E-state index contributed by atoms with van der Waals surface area (Å²) in [6.45, 7) is 0. The number of aromatic nitrogens is 2. The van der Waals surface area contributed by atoms with Gasteiger partial charge in [-0.3, -0.25) is 4.68 Å². The smallest absolute Gasteiger partial charge is 0.359 e. The van der Waals surface area contributed by atoms with Crippen LogP contribution in [0.25, 0.3) is 0 Å². The molecule has 0 saturated heterocycles. The summed E-state index contributed by atoms with van der Waals surface area (Å²) < 4.78 is 5.98. The van der Waals surface area contributed by atoms with Gasteiger partial charge in [0.05, 0.1) is 12.0 Å². The molecule has 0 N–H and O–H groups in total. The van der Waals surface area contributed by atoms with Crippen molar-refractivity contribution in [2.75, 3.05) is 7.11 Å². The van der Waals surface area contributed by atoms with Crippen LogP contribution in [0, 0.1) is 0 Å². The molecule has 1 rings (SSSR count). The Balaban J connectivity index is 3.03. The molecule has 0 radical (unpaired) electrons. The molecule has 0 bridgehead atoms. The van der Waals surface area contributed by atoms with Crippen molar-refractivity contribution in [2.24, 2.45) is 7.05 Å². The molecule has 0 aromatic carbocycles. The molecule has 1 aromatic heterocycles. The molecular weight excluding hydrogens is 164 g/mol. The average Bonchev–Trinajstić information content (AvgIpc) is 2.28. The van der Waals surface area contributed by atoms with Crippen LogP contribution < -0.4 is 0 Å². The van der Waals surface area contributed by atoms with Crippen LogP contribution in [0.3, 0.4) is 0 Å². The number of methoxy groups -OCH3 is 1. The Morgan fingerprint density at radius 1 is 1.82 bits per heavy atom. The number of thiol groups is 1. The Bertz CT molecular complexity index is 282. The molecule has 0 aliphatic carbocycles. The van der Waals surface area contributed by atoms with Gasteiger partial charge in [-0.05, 0) is 0 Å². The van der Waals surface area contributed by atoms with Crippen LogP contribution in [0.1, 0.15) is 10.5 Å². The fraction of sp³-hybridized carbons (Fsp3) is 0.333. The first kappa shape index (κ1) is 8.13. The number of carbonyl (C=O) groups is 1. The van der Waals surface area contributed by atoms with Gasteiger partial charge in [0.1, 0.15) is 0 Å². The summed E-state index contributed by atoms with van der Waals surface area (Å²) in [5, 5.41) is 3.85. The molecule has 4 nitrogen and oxygen atoms in total. The van der Waals surface area contributed by atoms with E-state index >= 15 is 0 Å². The second-order valence-corrected chi connectivity index (χ2v) is 2.51. The van der Waals surface area contributed by atoms with Crippen molar-refractivity contribution >= 4 is 18.6 Å². The molecule has 11 heavy (non-hydrogen) atoms. The van der Waals surface area contributed by atoms with E-state index in [-0.39, 0.29) is 5.69 Å². The van der Waals surface area contributed by atoms with Crippen LogP contribution in [0.5, 0.6) is 0 Å². The van der Waals surface area contributed by atoms with Crippen LogP contribution in [0.4, 0.5) is 0 Å². The monoisotopic (exact) mass is 172 g/mol. The van der Waals surface area contributed by atoms with E-state index in [0.29, 0.717) is 4.90 Å². The van der Waals surface area contributed by atoms with Crippen molar-refractivity contribution in [3.05, 3.63) is 11.9 Å². The van der Waals surface area contributed by atoms with E-state index in [1.807, 2.05) is 0 Å². The minimum Gasteiger partial charge on any atom is -0.464 e. The first-order valence-corrected chi connectivity index (χ1v) is 3.41. The Morgan fingerprint density at radius 2 is 2.45 bits per heavy atom. The van der Waals surface area contributed by atoms with E-state index < -0.39 is 5.97 Å². The van der Waals surface area contributed by atoms with Gasteiger partial charge in [-0.25, -0.2) is 4.79 Å². The highest BCUT2D eigenvalue weighted by Gasteiger charge is 2.13. The van der Waals surface area contributed by atoms with Crippen molar-refractivity contribution < 1.29 is 9.53 Å². The SMILES string of the molecule is COC(=O)c1nn(C)cc1S. The molecule has 0 spiro atoms. The summed E-state index contributed by atoms with van der Waals surface area (Å²) in [6, 6.07) is 0. The van der Waals surface area contributed by atoms with Gasteiger partial charge in [0.2, 0.25) is 0 Å². The van der Waals surface area contributed by atoms with Gasteiger partial charge in [-0.1, -0.05) is 0 Å². The van der Waals surface area contributed by atoms with Gasteiger partial charge < -0.3 is 4.74 Å². The van der Waals surface area contributed by atoms with Crippen LogP contribution in [-0.4, -0.2) is 22.9 Å². The number of ether oxygens (including phenoxy) is 1. The molecule has 0 aliphatic heterocycles. The second kappa shape index (κ2) is 2.96. The minimum atomic E-state index is -0.462. The third kappa shape index (κ3) is 1.54. The minimum absolute atomic E-state index is 0.248. The highest BCUT2D eigenvalue weighted by atomic mass is 32.1. The van der Waals surface area contributed by atoms with E-state index in [2.05, 4.69) is 22.5 Å². The third-order valence-corrected chi connectivity index (χ3v) is 1.52. The van der Waals surface area contributed by atoms with Gasteiger partial charge in [-0.15, -0.1) is 12.6 Å². The Morgan fingerprint density at radius 3 is 2.82 bits per heavy atom. The van der Waals surface area contributed by atoms with E-state index in [1.165, 1.54) is 11.8 Å². The van der Waals surface area contributed by atoms with Crippen molar-refractivity contribution in [3.63, 3.8) is 0 Å². The lowest BCUT2D eigenvalue weighted by molar-refractivity contribution is 0.0589. The van der Waals surface area contributed by atoms with Crippen molar-refractivity contribution in [1.82, 2.24) is 9.78 Å². The highest BCUT2D eigenvalue weighted by molar-refractivity contribution is 7.80. The summed E-state index contributed by atoms with van der Waals surface area (Å²) >= 11 is 4.03. The van der Waals surface area contributed by atoms with Crippen LogP contribution >= 0.6 is 12.6 Å². The number of aryl methyl sites for hydroxylation is 1. The standard InChI is InChI=1S/C6H8N2O2S/c1-8-3-4(11)5(7-8)6(9)10-2/h3,11H,1-2H3. The van der Waals surface area contributed by atoms with Gasteiger partial charge in [0.15, 0.2) is 5.69 Å². The fourth-order valence-electron chi connectivity index (χ4n) is 0.718. The van der Waals surface area contributed by atoms with Crippen molar-refractivity contribution in [3.8, 4) is 0 Å². The number of nitrogens with zero attached hydrogens (tertiary/aromatic N) is 2. The van der Waals surface area contributed by atoms with Crippen molar-refractivity contribution in [2.45, 2.75) is 4.90 Å². The second-order valence-electron chi connectivity index (χ2n) is 2.03. The number of carbonyl (C=O) groups excluding carboxylic acids is 1. The lowest BCUT2D eigenvalue weighted by atomic mass is 10.4. The Kier molecular flexibility index (Phi) is 2.19. The molecule has 0 unspecified atom stereocenters. The molecule has 0 atom stereocenters. The number of hydrogen-bond acceptors (Lipinski definition) is 4. The van der Waals surface area contributed by atoms with Crippen LogP contribution in [0.15, 0.2) is 11.1 Å². The third-order valence-electron chi connectivity index (χ3n) is 1.19. The van der Waals surface area contributed by atoms with E-state index in [4.69, 9.17) is 0 Å². The Labute approximate surface area is 69.6 Å². The Hall–Kier alpha value is -0.970. The maximum Gasteiger partial charge on any atom is 0.359 e. The summed E-state index contributed by atoms with van der Waals surface area (Å²) in [5.74, 6) is -0.462. The normalized spacial score (nSPS) is 9.73. The predicted molar refractivity (Wildman–Crippen MR) is 41.8 cm³/mol. The van der Waals surface area contributed by atoms with Crippen molar-refractivity contribution in [1.29, 1.82) is 0 Å². The zero-order valence-corrected chi connectivity index (χ0v) is 7.13. The maximum absolute atomic E-state index is 10.9. The van der Waals surface area contributed by atoms with Crippen LogP contribution in [0.2, 0.25) is 0 Å². The van der Waals surface area contributed by atoms with E-state index in [9.17, 15) is 4.79 Å². The predicted octanol–water partition coefficient (Wildman–Crippen LogP) is 0.495. The first-order valence-electron chi connectivity index (χ1n) is 2.96. The van der Waals surface area contributed by atoms with Gasteiger partial charge in [0.25, 0.3) is 0 Å². The number of esters is 1. The topological polar surface area (TPSA) is 44.1 Å². The summed E-state index contributed by atoms with van der Waals surface area (Å²) in [4.78, 5) is 11.4. The summed E-state index contributed by atoms with van der Waals surface area (Å²) in [7, 11) is 3.02. The van der Waals surface area contributed by atoms with Gasteiger partial charge in [-0.2, -0.15) is 5.10 Å². The zero-order chi connectivity index (χ0) is 8.43. The fourth-order valence-corrected chi connectivity index (χ4v) is 1.02. The maximum atomic E-state index is 10.9. The lowest BCUT2D eigenvalue weighted by Gasteiger charge is -1.92. The molecule has 60 valence electrons. The molecule has 1 heterocycles. The van der Waals surface area contributed by atoms with Gasteiger partial charge in [0, 0.05) is 13.2 Å². The van der Waals surface area contributed by atoms with E-state index in [1.54, 1.807) is 13.2 Å². The lowest BCUT2D eigenvalue weighted by Crippen LogP contribution is -2.03. The first-order chi connectivity index (χ1) is 5.15. The zero-order valence-electron chi connectivity index (χ0n) is 6.24. The quantitative estimate of drug-likeness (QED) is 0.495. The molecule has 1 aromatic rings.